The third-order valence-corrected chi connectivity index (χ3v) is 5.10. The maximum atomic E-state index is 13.0. The molecule has 0 bridgehead atoms. The normalized spacial score (nSPS) is 33.0. The molecule has 28 heavy (non-hydrogen) atoms. The summed E-state index contributed by atoms with van der Waals surface area (Å²) in [5, 5.41) is 59.2. The molecule has 6 N–H and O–H groups in total. The lowest BCUT2D eigenvalue weighted by molar-refractivity contribution is -0.285. The predicted molar refractivity (Wildman–Crippen MR) is 91.6 cm³/mol. The Morgan fingerprint density at radius 3 is 2.54 bits per heavy atom. The van der Waals surface area contributed by atoms with Gasteiger partial charge >= 0.3 is 0 Å². The summed E-state index contributed by atoms with van der Waals surface area (Å²) in [5.74, 6) is -0.861. The van der Waals surface area contributed by atoms with E-state index in [2.05, 4.69) is 0 Å². The van der Waals surface area contributed by atoms with Gasteiger partial charge in [-0.05, 0) is 12.8 Å². The van der Waals surface area contributed by atoms with Gasteiger partial charge in [-0.2, -0.15) is 0 Å². The molecule has 1 aliphatic carbocycles. The second-order valence-corrected chi connectivity index (χ2v) is 7.02. The minimum Gasteiger partial charge on any atom is -0.508 e. The minimum atomic E-state index is -1.54. The second-order valence-electron chi connectivity index (χ2n) is 7.02. The Labute approximate surface area is 157 Å². The molecule has 2 aliphatic rings. The standard InChI is InChI=1S/C18H20O10/c19-6-3-8(21)12-11(4-6)27-17-7(20)1-2-10(13(17)15(12)24)28-18-16(25)14(23)9(22)5-26-18/h3-4,7,9-10,14,16,18-23,25H,1-2,5H2/t7-,9-,10-,14-,16+,18-/m1/s1. The summed E-state index contributed by atoms with van der Waals surface area (Å²) in [5.41, 5.74) is -0.777. The average molecular weight is 396 g/mol. The number of fused-ring (bicyclic) bond motifs is 2. The first-order valence-electron chi connectivity index (χ1n) is 8.79. The molecular formula is C18H20O10. The molecule has 10 nitrogen and oxygen atoms in total. The molecular weight excluding hydrogens is 376 g/mol. The summed E-state index contributed by atoms with van der Waals surface area (Å²) in [7, 11) is 0. The first-order valence-corrected chi connectivity index (χ1v) is 8.79. The zero-order valence-corrected chi connectivity index (χ0v) is 14.6. The van der Waals surface area contributed by atoms with Gasteiger partial charge in [-0.15, -0.1) is 0 Å². The second kappa shape index (κ2) is 6.99. The number of hydrogen-bond acceptors (Lipinski definition) is 10. The fourth-order valence-electron chi connectivity index (χ4n) is 3.65. The summed E-state index contributed by atoms with van der Waals surface area (Å²) in [6.07, 6.45) is -7.27. The molecule has 1 saturated heterocycles. The van der Waals surface area contributed by atoms with Gasteiger partial charge in [-0.3, -0.25) is 4.79 Å². The van der Waals surface area contributed by atoms with Crippen molar-refractivity contribution >= 4 is 11.0 Å². The fourth-order valence-corrected chi connectivity index (χ4v) is 3.65. The van der Waals surface area contributed by atoms with Crippen LogP contribution in [0, 0.1) is 0 Å². The Hall–Kier alpha value is -2.21. The quantitative estimate of drug-likeness (QED) is 0.390. The van der Waals surface area contributed by atoms with Gasteiger partial charge < -0.3 is 44.5 Å². The highest BCUT2D eigenvalue weighted by molar-refractivity contribution is 5.85. The van der Waals surface area contributed by atoms with Gasteiger partial charge in [0, 0.05) is 12.1 Å². The maximum Gasteiger partial charge on any atom is 0.202 e. The van der Waals surface area contributed by atoms with Crippen LogP contribution < -0.4 is 5.43 Å². The molecule has 0 spiro atoms. The van der Waals surface area contributed by atoms with Crippen molar-refractivity contribution in [2.75, 3.05) is 6.61 Å². The van der Waals surface area contributed by atoms with Crippen LogP contribution in [0.2, 0.25) is 0 Å². The SMILES string of the molecule is O=c1c2c(oc3cc(O)cc(O)c13)[C@H](O)CC[C@H]2O[C@H]1OC[C@@H](O)[C@@H](O)[C@@H]1O. The topological polar surface area (TPSA) is 170 Å². The summed E-state index contributed by atoms with van der Waals surface area (Å²) in [6.45, 7) is -0.266. The maximum absolute atomic E-state index is 13.0. The average Bonchev–Trinajstić information content (AvgIpc) is 2.64. The first-order chi connectivity index (χ1) is 13.3. The summed E-state index contributed by atoms with van der Waals surface area (Å²) < 4.78 is 16.5. The Morgan fingerprint density at radius 1 is 1.04 bits per heavy atom. The van der Waals surface area contributed by atoms with Crippen LogP contribution in [0.15, 0.2) is 21.3 Å². The van der Waals surface area contributed by atoms with Crippen LogP contribution in [0.3, 0.4) is 0 Å². The molecule has 1 fully saturated rings. The minimum absolute atomic E-state index is 0.0383. The van der Waals surface area contributed by atoms with Crippen molar-refractivity contribution in [1.29, 1.82) is 0 Å². The van der Waals surface area contributed by atoms with Gasteiger partial charge in [-0.25, -0.2) is 0 Å². The monoisotopic (exact) mass is 396 g/mol. The molecule has 1 aromatic heterocycles. The Morgan fingerprint density at radius 2 is 1.79 bits per heavy atom. The van der Waals surface area contributed by atoms with Crippen LogP contribution in [0.5, 0.6) is 11.5 Å². The molecule has 2 aromatic rings. The molecule has 4 rings (SSSR count). The summed E-state index contributed by atoms with van der Waals surface area (Å²) in [6, 6.07) is 2.15. The van der Waals surface area contributed by atoms with Gasteiger partial charge in [0.2, 0.25) is 5.43 Å². The van der Waals surface area contributed by atoms with Crippen LogP contribution in [-0.2, 0) is 9.47 Å². The molecule has 10 heteroatoms. The largest absolute Gasteiger partial charge is 0.508 e. The highest BCUT2D eigenvalue weighted by Gasteiger charge is 2.42. The van der Waals surface area contributed by atoms with E-state index in [0.717, 1.165) is 12.1 Å². The number of ether oxygens (including phenoxy) is 2. The molecule has 2 heterocycles. The first kappa shape index (κ1) is 19.1. The third kappa shape index (κ3) is 3.04. The third-order valence-electron chi connectivity index (χ3n) is 5.10. The van der Waals surface area contributed by atoms with Crippen LogP contribution in [0.4, 0.5) is 0 Å². The van der Waals surface area contributed by atoms with Crippen molar-refractivity contribution in [1.82, 2.24) is 0 Å². The van der Waals surface area contributed by atoms with Crippen molar-refractivity contribution in [3.63, 3.8) is 0 Å². The molecule has 6 atom stereocenters. The van der Waals surface area contributed by atoms with E-state index in [9.17, 15) is 35.4 Å². The van der Waals surface area contributed by atoms with E-state index in [1.54, 1.807) is 0 Å². The van der Waals surface area contributed by atoms with Gasteiger partial charge in [-0.1, -0.05) is 0 Å². The van der Waals surface area contributed by atoms with E-state index in [1.807, 2.05) is 0 Å². The van der Waals surface area contributed by atoms with Crippen LogP contribution in [0.25, 0.3) is 11.0 Å². The van der Waals surface area contributed by atoms with Crippen molar-refractivity contribution in [2.45, 2.75) is 49.7 Å². The Kier molecular flexibility index (Phi) is 4.78. The van der Waals surface area contributed by atoms with Crippen molar-refractivity contribution < 1.29 is 44.5 Å². The lowest BCUT2D eigenvalue weighted by Gasteiger charge is -2.38. The number of aliphatic hydroxyl groups is 4. The Balaban J connectivity index is 1.77. The molecule has 0 saturated carbocycles. The van der Waals surface area contributed by atoms with E-state index >= 15 is 0 Å². The number of benzene rings is 1. The van der Waals surface area contributed by atoms with Crippen molar-refractivity contribution in [2.24, 2.45) is 0 Å². The van der Waals surface area contributed by atoms with E-state index in [-0.39, 0.29) is 47.5 Å². The van der Waals surface area contributed by atoms with Crippen LogP contribution >= 0.6 is 0 Å². The van der Waals surface area contributed by atoms with Gasteiger partial charge in [0.1, 0.15) is 52.6 Å². The number of aromatic hydroxyl groups is 2. The van der Waals surface area contributed by atoms with Crippen LogP contribution in [-0.4, -0.2) is 61.8 Å². The van der Waals surface area contributed by atoms with Crippen molar-refractivity contribution in [3.05, 3.63) is 33.7 Å². The number of aliphatic hydroxyl groups excluding tert-OH is 4. The molecule has 1 aromatic carbocycles. The number of rotatable bonds is 2. The predicted octanol–water partition coefficient (Wildman–Crippen LogP) is -0.472. The van der Waals surface area contributed by atoms with E-state index in [0.29, 0.717) is 0 Å². The van der Waals surface area contributed by atoms with E-state index in [1.165, 1.54) is 0 Å². The fraction of sp³-hybridized carbons (Fsp3) is 0.500. The number of phenolic OH excluding ortho intramolecular Hbond substituents is 2. The van der Waals surface area contributed by atoms with Crippen LogP contribution in [0.1, 0.15) is 36.4 Å². The van der Waals surface area contributed by atoms with Gasteiger partial charge in [0.15, 0.2) is 6.29 Å². The number of phenols is 2. The van der Waals surface area contributed by atoms with E-state index in [4.69, 9.17) is 13.9 Å². The molecule has 152 valence electrons. The summed E-state index contributed by atoms with van der Waals surface area (Å²) >= 11 is 0. The lowest BCUT2D eigenvalue weighted by atomic mass is 9.90. The summed E-state index contributed by atoms with van der Waals surface area (Å²) in [4.78, 5) is 13.0. The molecule has 1 aliphatic heterocycles. The highest BCUT2D eigenvalue weighted by atomic mass is 16.7. The molecule has 0 amide bonds. The zero-order valence-electron chi connectivity index (χ0n) is 14.6. The van der Waals surface area contributed by atoms with Crippen molar-refractivity contribution in [3.8, 4) is 11.5 Å². The lowest BCUT2D eigenvalue weighted by Crippen LogP contribution is -2.54. The van der Waals surface area contributed by atoms with Gasteiger partial charge in [0.25, 0.3) is 0 Å². The van der Waals surface area contributed by atoms with E-state index < -0.39 is 48.0 Å². The highest BCUT2D eigenvalue weighted by Crippen LogP contribution is 2.41. The zero-order chi connectivity index (χ0) is 20.2. The smallest absolute Gasteiger partial charge is 0.202 e. The molecule has 0 unspecified atom stereocenters. The van der Waals surface area contributed by atoms with Gasteiger partial charge in [0.05, 0.1) is 18.3 Å². The Bertz CT molecular complexity index is 954. The molecule has 0 radical (unpaired) electrons. The number of hydrogen-bond donors (Lipinski definition) is 6.